The second-order valence-corrected chi connectivity index (χ2v) is 4.82. The van der Waals surface area contributed by atoms with Crippen molar-refractivity contribution in [3.05, 3.63) is 58.9 Å². The summed E-state index contributed by atoms with van der Waals surface area (Å²) in [5.41, 5.74) is 7.90. The molecule has 2 rings (SSSR count). The molecule has 0 spiro atoms. The van der Waals surface area contributed by atoms with Crippen LogP contribution in [0.15, 0.2) is 36.4 Å². The first kappa shape index (κ1) is 13.5. The molecule has 98 valence electrons. The van der Waals surface area contributed by atoms with Crippen LogP contribution in [0, 0.1) is 19.7 Å². The van der Waals surface area contributed by atoms with Gasteiger partial charge in [0.25, 0.3) is 0 Å². The number of rotatable bonds is 3. The van der Waals surface area contributed by atoms with E-state index in [0.29, 0.717) is 22.6 Å². The maximum Gasteiger partial charge on any atom is 0.137 e. The average molecular weight is 275 g/mol. The van der Waals surface area contributed by atoms with Crippen LogP contribution in [0.4, 0.5) is 4.39 Å². The summed E-state index contributed by atoms with van der Waals surface area (Å²) in [7, 11) is 0. The Bertz CT molecular complexity index is 640. The normalized spacial score (nSPS) is 10.3. The van der Waals surface area contributed by atoms with Gasteiger partial charge in [-0.2, -0.15) is 0 Å². The van der Waals surface area contributed by atoms with E-state index in [1.807, 2.05) is 25.1 Å². The Hall–Kier alpha value is -1.94. The fraction of sp³-hybridized carbons (Fsp3) is 0.133. The number of thiocarbonyl (C=S) groups is 1. The molecule has 0 unspecified atom stereocenters. The van der Waals surface area contributed by atoms with E-state index in [1.165, 1.54) is 6.07 Å². The lowest BCUT2D eigenvalue weighted by Gasteiger charge is -2.12. The van der Waals surface area contributed by atoms with Gasteiger partial charge in [0.2, 0.25) is 0 Å². The van der Waals surface area contributed by atoms with E-state index in [-0.39, 0.29) is 10.8 Å². The first-order chi connectivity index (χ1) is 8.97. The van der Waals surface area contributed by atoms with E-state index in [1.54, 1.807) is 19.1 Å². The van der Waals surface area contributed by atoms with Gasteiger partial charge in [-0.3, -0.25) is 0 Å². The molecule has 0 atom stereocenters. The first-order valence-corrected chi connectivity index (χ1v) is 6.22. The third kappa shape index (κ3) is 3.09. The molecule has 0 aliphatic heterocycles. The maximum absolute atomic E-state index is 13.2. The Kier molecular flexibility index (Phi) is 3.81. The van der Waals surface area contributed by atoms with Crippen molar-refractivity contribution in [2.45, 2.75) is 13.8 Å². The number of ether oxygens (including phenoxy) is 1. The summed E-state index contributed by atoms with van der Waals surface area (Å²) in [5, 5.41) is 0. The summed E-state index contributed by atoms with van der Waals surface area (Å²) in [6.45, 7) is 3.64. The van der Waals surface area contributed by atoms with Crippen LogP contribution >= 0.6 is 12.2 Å². The second-order valence-electron chi connectivity index (χ2n) is 4.38. The summed E-state index contributed by atoms with van der Waals surface area (Å²) in [4.78, 5) is 0.272. The van der Waals surface area contributed by atoms with Gasteiger partial charge in [0.1, 0.15) is 22.3 Å². The molecular weight excluding hydrogens is 261 g/mol. The highest BCUT2D eigenvalue weighted by molar-refractivity contribution is 7.80. The molecule has 2 aromatic rings. The molecule has 0 aromatic heterocycles. The van der Waals surface area contributed by atoms with Crippen molar-refractivity contribution in [3.8, 4) is 11.5 Å². The largest absolute Gasteiger partial charge is 0.457 e. The smallest absolute Gasteiger partial charge is 0.137 e. The number of halogens is 1. The topological polar surface area (TPSA) is 35.2 Å². The molecule has 2 N–H and O–H groups in total. The van der Waals surface area contributed by atoms with Crippen LogP contribution in [0.2, 0.25) is 0 Å². The lowest BCUT2D eigenvalue weighted by molar-refractivity contribution is 0.478. The van der Waals surface area contributed by atoms with Gasteiger partial charge in [-0.1, -0.05) is 18.3 Å². The van der Waals surface area contributed by atoms with Crippen molar-refractivity contribution < 1.29 is 9.13 Å². The van der Waals surface area contributed by atoms with Gasteiger partial charge in [-0.15, -0.1) is 0 Å². The molecule has 0 radical (unpaired) electrons. The molecule has 4 heteroatoms. The third-order valence-corrected chi connectivity index (χ3v) is 2.98. The predicted molar refractivity (Wildman–Crippen MR) is 78.3 cm³/mol. The van der Waals surface area contributed by atoms with Gasteiger partial charge in [0.05, 0.1) is 5.56 Å². The molecule has 0 heterocycles. The molecule has 19 heavy (non-hydrogen) atoms. The highest BCUT2D eigenvalue weighted by Gasteiger charge is 2.09. The summed E-state index contributed by atoms with van der Waals surface area (Å²) >= 11 is 4.99. The van der Waals surface area contributed by atoms with E-state index >= 15 is 0 Å². The number of hydrogen-bond donors (Lipinski definition) is 1. The maximum atomic E-state index is 13.2. The molecule has 2 nitrogen and oxygen atoms in total. The Morgan fingerprint density at radius 3 is 2.53 bits per heavy atom. The standard InChI is InChI=1S/C15H14FNOS/c1-9-3-5-12(15(17)19)14(7-9)18-11-4-6-13(16)10(2)8-11/h3-8H,1-2H3,(H2,17,19). The lowest BCUT2D eigenvalue weighted by Crippen LogP contribution is -2.10. The molecule has 0 fully saturated rings. The Morgan fingerprint density at radius 2 is 1.89 bits per heavy atom. The van der Waals surface area contributed by atoms with Gasteiger partial charge >= 0.3 is 0 Å². The summed E-state index contributed by atoms with van der Waals surface area (Å²) < 4.78 is 19.0. The van der Waals surface area contributed by atoms with Crippen molar-refractivity contribution in [1.82, 2.24) is 0 Å². The summed E-state index contributed by atoms with van der Waals surface area (Å²) in [5.74, 6) is 0.881. The van der Waals surface area contributed by atoms with Crippen molar-refractivity contribution in [2.24, 2.45) is 5.73 Å². The van der Waals surface area contributed by atoms with E-state index in [2.05, 4.69) is 0 Å². The van der Waals surface area contributed by atoms with E-state index < -0.39 is 0 Å². The monoisotopic (exact) mass is 275 g/mol. The zero-order valence-electron chi connectivity index (χ0n) is 10.7. The molecule has 0 bridgehead atoms. The third-order valence-electron chi connectivity index (χ3n) is 2.76. The van der Waals surface area contributed by atoms with Crippen LogP contribution < -0.4 is 10.5 Å². The SMILES string of the molecule is Cc1ccc(C(N)=S)c(Oc2ccc(F)c(C)c2)c1. The lowest BCUT2D eigenvalue weighted by atomic mass is 10.1. The molecule has 0 amide bonds. The van der Waals surface area contributed by atoms with Crippen LogP contribution in [0.25, 0.3) is 0 Å². The van der Waals surface area contributed by atoms with E-state index in [9.17, 15) is 4.39 Å². The predicted octanol–water partition coefficient (Wildman–Crippen LogP) is 3.87. The molecular formula is C15H14FNOS. The molecule has 0 aliphatic carbocycles. The van der Waals surface area contributed by atoms with Gasteiger partial charge in [0.15, 0.2) is 0 Å². The zero-order valence-corrected chi connectivity index (χ0v) is 11.6. The van der Waals surface area contributed by atoms with Crippen LogP contribution in [0.1, 0.15) is 16.7 Å². The Balaban J connectivity index is 2.39. The van der Waals surface area contributed by atoms with Crippen LogP contribution in [-0.2, 0) is 0 Å². The number of aryl methyl sites for hydroxylation is 2. The van der Waals surface area contributed by atoms with Crippen LogP contribution in [0.3, 0.4) is 0 Å². The number of nitrogens with two attached hydrogens (primary N) is 1. The minimum atomic E-state index is -0.258. The first-order valence-electron chi connectivity index (χ1n) is 5.82. The minimum Gasteiger partial charge on any atom is -0.457 e. The van der Waals surface area contributed by atoms with Crippen LogP contribution in [-0.4, -0.2) is 4.99 Å². The van der Waals surface area contributed by atoms with Crippen molar-refractivity contribution in [3.63, 3.8) is 0 Å². The van der Waals surface area contributed by atoms with Gasteiger partial charge in [0, 0.05) is 0 Å². The summed E-state index contributed by atoms with van der Waals surface area (Å²) in [6, 6.07) is 10.2. The Labute approximate surface area is 117 Å². The highest BCUT2D eigenvalue weighted by atomic mass is 32.1. The van der Waals surface area contributed by atoms with Crippen molar-refractivity contribution >= 4 is 17.2 Å². The van der Waals surface area contributed by atoms with Gasteiger partial charge in [-0.25, -0.2) is 4.39 Å². The fourth-order valence-corrected chi connectivity index (χ4v) is 1.89. The van der Waals surface area contributed by atoms with Crippen LogP contribution in [0.5, 0.6) is 11.5 Å². The van der Waals surface area contributed by atoms with Gasteiger partial charge in [-0.05, 0) is 55.3 Å². The van der Waals surface area contributed by atoms with E-state index in [4.69, 9.17) is 22.7 Å². The van der Waals surface area contributed by atoms with Gasteiger partial charge < -0.3 is 10.5 Å². The van der Waals surface area contributed by atoms with Crippen molar-refractivity contribution in [2.75, 3.05) is 0 Å². The molecule has 0 saturated heterocycles. The van der Waals surface area contributed by atoms with E-state index in [0.717, 1.165) is 5.56 Å². The minimum absolute atomic E-state index is 0.258. The average Bonchev–Trinajstić information content (AvgIpc) is 2.33. The number of hydrogen-bond acceptors (Lipinski definition) is 2. The Morgan fingerprint density at radius 1 is 1.16 bits per heavy atom. The molecule has 2 aromatic carbocycles. The number of benzene rings is 2. The zero-order chi connectivity index (χ0) is 14.0. The summed E-state index contributed by atoms with van der Waals surface area (Å²) in [6.07, 6.45) is 0. The second kappa shape index (κ2) is 5.36. The molecule has 0 aliphatic rings. The molecule has 0 saturated carbocycles. The van der Waals surface area contributed by atoms with Crippen molar-refractivity contribution in [1.29, 1.82) is 0 Å². The quantitative estimate of drug-likeness (QED) is 0.864. The highest BCUT2D eigenvalue weighted by Crippen LogP contribution is 2.27. The fourth-order valence-electron chi connectivity index (χ4n) is 1.73.